The number of anilines is 1. The van der Waals surface area contributed by atoms with Gasteiger partial charge < -0.3 is 15.0 Å². The van der Waals surface area contributed by atoms with Crippen LogP contribution < -0.4 is 5.32 Å². The highest BCUT2D eigenvalue weighted by Gasteiger charge is 2.38. The second kappa shape index (κ2) is 6.70. The number of carbonyl (C=O) groups excluding carboxylic acids is 2. The lowest BCUT2D eigenvalue weighted by atomic mass is 9.87. The van der Waals surface area contributed by atoms with Crippen LogP contribution in [0.3, 0.4) is 0 Å². The molecular formula is C21H17BrN2O3. The summed E-state index contributed by atoms with van der Waals surface area (Å²) in [5.74, 6) is -1.20. The number of benzene rings is 2. The van der Waals surface area contributed by atoms with Crippen LogP contribution in [0.4, 0.5) is 5.69 Å². The van der Waals surface area contributed by atoms with Crippen LogP contribution in [0.5, 0.6) is 0 Å². The minimum absolute atomic E-state index is 0.154. The van der Waals surface area contributed by atoms with Crippen molar-refractivity contribution in [1.82, 2.24) is 4.98 Å². The number of esters is 1. The first-order valence-electron chi connectivity index (χ1n) is 8.47. The molecule has 0 fully saturated rings. The molecule has 3 aromatic rings. The molecule has 5 nitrogen and oxygen atoms in total. The van der Waals surface area contributed by atoms with Gasteiger partial charge in [0, 0.05) is 21.4 Å². The normalized spacial score (nSPS) is 15.4. The number of methoxy groups -OCH3 is 1. The summed E-state index contributed by atoms with van der Waals surface area (Å²) in [6.45, 7) is 1.82. The van der Waals surface area contributed by atoms with Gasteiger partial charge in [0.2, 0.25) is 5.91 Å². The van der Waals surface area contributed by atoms with E-state index in [-0.39, 0.29) is 5.91 Å². The van der Waals surface area contributed by atoms with E-state index in [0.29, 0.717) is 16.8 Å². The van der Waals surface area contributed by atoms with Crippen molar-refractivity contribution < 1.29 is 14.3 Å². The van der Waals surface area contributed by atoms with Gasteiger partial charge in [-0.1, -0.05) is 46.3 Å². The van der Waals surface area contributed by atoms with Crippen molar-refractivity contribution in [3.8, 4) is 11.3 Å². The van der Waals surface area contributed by atoms with Crippen molar-refractivity contribution >= 4 is 33.5 Å². The number of aryl methyl sites for hydroxylation is 1. The van der Waals surface area contributed by atoms with E-state index >= 15 is 0 Å². The largest absolute Gasteiger partial charge is 0.465 e. The van der Waals surface area contributed by atoms with E-state index in [1.165, 1.54) is 7.11 Å². The van der Waals surface area contributed by atoms with Crippen molar-refractivity contribution in [2.45, 2.75) is 12.8 Å². The molecule has 0 saturated heterocycles. The third kappa shape index (κ3) is 2.86. The minimum atomic E-state index is -0.584. The molecule has 4 rings (SSSR count). The number of aromatic amines is 1. The van der Waals surface area contributed by atoms with E-state index < -0.39 is 11.9 Å². The summed E-state index contributed by atoms with van der Waals surface area (Å²) >= 11 is 3.44. The Balaban J connectivity index is 1.99. The lowest BCUT2D eigenvalue weighted by Gasteiger charge is -2.13. The van der Waals surface area contributed by atoms with Gasteiger partial charge in [0.15, 0.2) is 0 Å². The summed E-state index contributed by atoms with van der Waals surface area (Å²) in [6.07, 6.45) is 0. The lowest BCUT2D eigenvalue weighted by Crippen LogP contribution is -2.17. The Labute approximate surface area is 164 Å². The molecule has 2 heterocycles. The van der Waals surface area contributed by atoms with Crippen LogP contribution in [0.25, 0.3) is 11.3 Å². The molecule has 1 aliphatic rings. The first kappa shape index (κ1) is 17.5. The molecule has 27 heavy (non-hydrogen) atoms. The van der Waals surface area contributed by atoms with E-state index in [0.717, 1.165) is 27.0 Å². The molecule has 2 N–H and O–H groups in total. The Morgan fingerprint density at radius 3 is 2.52 bits per heavy atom. The zero-order valence-electron chi connectivity index (χ0n) is 14.8. The predicted molar refractivity (Wildman–Crippen MR) is 107 cm³/mol. The SMILES string of the molecule is COC(=O)c1c(C)[nH]c(-c2ccc(Br)cc2)c1C1C(=O)Nc2ccccc21. The molecule has 2 aromatic carbocycles. The molecule has 1 atom stereocenters. The number of rotatable bonds is 3. The Morgan fingerprint density at radius 1 is 1.11 bits per heavy atom. The fourth-order valence-electron chi connectivity index (χ4n) is 3.64. The van der Waals surface area contributed by atoms with E-state index in [1.807, 2.05) is 55.5 Å². The quantitative estimate of drug-likeness (QED) is 0.602. The molecule has 0 aliphatic carbocycles. The minimum Gasteiger partial charge on any atom is -0.465 e. The van der Waals surface area contributed by atoms with Crippen LogP contribution in [-0.4, -0.2) is 24.0 Å². The number of nitrogens with one attached hydrogen (secondary N) is 2. The third-order valence-electron chi connectivity index (χ3n) is 4.83. The maximum atomic E-state index is 12.9. The molecule has 0 bridgehead atoms. The molecule has 1 aliphatic heterocycles. The first-order valence-corrected chi connectivity index (χ1v) is 9.27. The van der Waals surface area contributed by atoms with Gasteiger partial charge >= 0.3 is 5.97 Å². The van der Waals surface area contributed by atoms with Gasteiger partial charge in [-0.15, -0.1) is 0 Å². The van der Waals surface area contributed by atoms with Gasteiger partial charge in [0.1, 0.15) is 0 Å². The average molecular weight is 425 g/mol. The summed E-state index contributed by atoms with van der Waals surface area (Å²) in [7, 11) is 1.35. The Hall–Kier alpha value is -2.86. The molecular weight excluding hydrogens is 408 g/mol. The maximum Gasteiger partial charge on any atom is 0.340 e. The van der Waals surface area contributed by atoms with Crippen LogP contribution in [-0.2, 0) is 9.53 Å². The number of carbonyl (C=O) groups is 2. The van der Waals surface area contributed by atoms with Gasteiger partial charge in [-0.05, 0) is 36.2 Å². The van der Waals surface area contributed by atoms with Gasteiger partial charge in [0.25, 0.3) is 0 Å². The van der Waals surface area contributed by atoms with Crippen molar-refractivity contribution in [2.75, 3.05) is 12.4 Å². The highest BCUT2D eigenvalue weighted by Crippen LogP contribution is 2.43. The van der Waals surface area contributed by atoms with Crippen LogP contribution >= 0.6 is 15.9 Å². The zero-order chi connectivity index (χ0) is 19.1. The summed E-state index contributed by atoms with van der Waals surface area (Å²) in [6, 6.07) is 15.3. The molecule has 6 heteroatoms. The Bertz CT molecular complexity index is 1050. The summed E-state index contributed by atoms with van der Waals surface area (Å²) in [4.78, 5) is 28.7. The molecule has 136 valence electrons. The highest BCUT2D eigenvalue weighted by atomic mass is 79.9. The molecule has 1 aromatic heterocycles. The van der Waals surface area contributed by atoms with E-state index in [2.05, 4.69) is 26.2 Å². The number of halogens is 1. The van der Waals surface area contributed by atoms with Crippen LogP contribution in [0, 0.1) is 6.92 Å². The van der Waals surface area contributed by atoms with E-state index in [4.69, 9.17) is 4.74 Å². The predicted octanol–water partition coefficient (Wildman–Crippen LogP) is 4.62. The molecule has 0 saturated carbocycles. The van der Waals surface area contributed by atoms with Crippen molar-refractivity contribution in [2.24, 2.45) is 0 Å². The third-order valence-corrected chi connectivity index (χ3v) is 5.36. The number of hydrogen-bond acceptors (Lipinski definition) is 3. The highest BCUT2D eigenvalue weighted by molar-refractivity contribution is 9.10. The second-order valence-electron chi connectivity index (χ2n) is 6.42. The van der Waals surface area contributed by atoms with Crippen molar-refractivity contribution in [1.29, 1.82) is 0 Å². The smallest absolute Gasteiger partial charge is 0.340 e. The van der Waals surface area contributed by atoms with E-state index in [1.54, 1.807) is 0 Å². The number of hydrogen-bond donors (Lipinski definition) is 2. The van der Waals surface area contributed by atoms with Crippen LogP contribution in [0.2, 0.25) is 0 Å². The zero-order valence-corrected chi connectivity index (χ0v) is 16.4. The molecule has 1 amide bonds. The topological polar surface area (TPSA) is 71.2 Å². The van der Waals surface area contributed by atoms with Gasteiger partial charge in [0.05, 0.1) is 24.3 Å². The number of ether oxygens (including phenoxy) is 1. The fourth-order valence-corrected chi connectivity index (χ4v) is 3.90. The lowest BCUT2D eigenvalue weighted by molar-refractivity contribution is -0.116. The first-order chi connectivity index (χ1) is 13.0. The second-order valence-corrected chi connectivity index (χ2v) is 7.34. The number of H-pyrrole nitrogens is 1. The van der Waals surface area contributed by atoms with Gasteiger partial charge in [-0.25, -0.2) is 4.79 Å². The molecule has 0 radical (unpaired) electrons. The summed E-state index contributed by atoms with van der Waals surface area (Å²) in [5.41, 5.74) is 4.98. The molecule has 0 spiro atoms. The number of fused-ring (bicyclic) bond motifs is 1. The maximum absolute atomic E-state index is 12.9. The number of aromatic nitrogens is 1. The fraction of sp³-hybridized carbons (Fsp3) is 0.143. The standard InChI is InChI=1S/C21H17BrN2O3/c1-11-16(21(26)27-2)18(19(23-11)12-7-9-13(22)10-8-12)17-14-5-3-4-6-15(14)24-20(17)25/h3-10,17,23H,1-2H3,(H,24,25). The van der Waals surface area contributed by atoms with Crippen molar-refractivity contribution in [3.05, 3.63) is 75.4 Å². The van der Waals surface area contributed by atoms with Gasteiger partial charge in [-0.2, -0.15) is 0 Å². The van der Waals surface area contributed by atoms with Gasteiger partial charge in [-0.3, -0.25) is 4.79 Å². The van der Waals surface area contributed by atoms with Crippen molar-refractivity contribution in [3.63, 3.8) is 0 Å². The average Bonchev–Trinajstić information content (AvgIpc) is 3.17. The van der Waals surface area contributed by atoms with Crippen LogP contribution in [0.1, 0.15) is 33.1 Å². The Kier molecular flexibility index (Phi) is 4.36. The number of para-hydroxylation sites is 1. The molecule has 1 unspecified atom stereocenters. The van der Waals surface area contributed by atoms with E-state index in [9.17, 15) is 9.59 Å². The number of amides is 1. The Morgan fingerprint density at radius 2 is 1.81 bits per heavy atom. The monoisotopic (exact) mass is 424 g/mol. The summed E-state index contributed by atoms with van der Waals surface area (Å²) < 4.78 is 5.96. The van der Waals surface area contributed by atoms with Crippen LogP contribution in [0.15, 0.2) is 53.0 Å². The summed E-state index contributed by atoms with van der Waals surface area (Å²) in [5, 5.41) is 2.91.